The average Bonchev–Trinajstić information content (AvgIpc) is 2.89. The molecule has 4 nitrogen and oxygen atoms in total. The van der Waals surface area contributed by atoms with E-state index in [1.54, 1.807) is 24.3 Å². The van der Waals surface area contributed by atoms with Crippen molar-refractivity contribution < 1.29 is 14.3 Å². The minimum absolute atomic E-state index is 0.0908. The summed E-state index contributed by atoms with van der Waals surface area (Å²) in [7, 11) is 0. The number of hydrogen-bond donors (Lipinski definition) is 0. The van der Waals surface area contributed by atoms with E-state index in [2.05, 4.69) is 0 Å². The van der Waals surface area contributed by atoms with E-state index in [4.69, 9.17) is 4.74 Å². The highest BCUT2D eigenvalue weighted by atomic mass is 16.5. The van der Waals surface area contributed by atoms with Gasteiger partial charge in [-0.1, -0.05) is 30.4 Å². The van der Waals surface area contributed by atoms with Gasteiger partial charge in [0.25, 0.3) is 0 Å². The number of anilines is 1. The average molecular weight is 333 g/mol. The Morgan fingerprint density at radius 1 is 0.880 bits per heavy atom. The molecule has 2 amide bonds. The molecule has 1 fully saturated rings. The summed E-state index contributed by atoms with van der Waals surface area (Å²) in [5.74, 6) is 0.872. The highest BCUT2D eigenvalue weighted by molar-refractivity contribution is 6.22. The van der Waals surface area contributed by atoms with Crippen molar-refractivity contribution in [2.24, 2.45) is 11.8 Å². The van der Waals surface area contributed by atoms with Gasteiger partial charge in [0.1, 0.15) is 11.5 Å². The molecule has 1 aliphatic carbocycles. The zero-order valence-electron chi connectivity index (χ0n) is 14.0. The number of imide groups is 1. The van der Waals surface area contributed by atoms with Crippen molar-refractivity contribution in [3.63, 3.8) is 0 Å². The minimum Gasteiger partial charge on any atom is -0.457 e. The molecule has 0 unspecified atom stereocenters. The molecule has 2 aromatic rings. The largest absolute Gasteiger partial charge is 0.457 e. The maximum atomic E-state index is 12.6. The summed E-state index contributed by atoms with van der Waals surface area (Å²) in [6.07, 6.45) is 5.30. The first-order valence-electron chi connectivity index (χ1n) is 8.51. The molecule has 4 rings (SSSR count). The first kappa shape index (κ1) is 15.6. The van der Waals surface area contributed by atoms with E-state index in [0.29, 0.717) is 24.3 Å². The Hall–Kier alpha value is -2.88. The summed E-state index contributed by atoms with van der Waals surface area (Å²) in [6, 6.07) is 14.9. The molecule has 2 aromatic carbocycles. The Morgan fingerprint density at radius 2 is 1.48 bits per heavy atom. The Labute approximate surface area is 146 Å². The molecule has 25 heavy (non-hydrogen) atoms. The van der Waals surface area contributed by atoms with Crippen LogP contribution in [-0.4, -0.2) is 11.8 Å². The summed E-state index contributed by atoms with van der Waals surface area (Å²) in [6.45, 7) is 1.99. The molecule has 0 bridgehead atoms. The predicted octanol–water partition coefficient (Wildman–Crippen LogP) is 4.24. The van der Waals surface area contributed by atoms with Gasteiger partial charge >= 0.3 is 0 Å². The number of fused-ring (bicyclic) bond motifs is 1. The Bertz CT molecular complexity index is 828. The van der Waals surface area contributed by atoms with Gasteiger partial charge in [0.05, 0.1) is 17.5 Å². The summed E-state index contributed by atoms with van der Waals surface area (Å²) < 4.78 is 5.88. The summed E-state index contributed by atoms with van der Waals surface area (Å²) in [5, 5.41) is 0. The molecule has 0 N–H and O–H groups in total. The van der Waals surface area contributed by atoms with Gasteiger partial charge in [0.15, 0.2) is 0 Å². The van der Waals surface area contributed by atoms with Crippen molar-refractivity contribution in [1.29, 1.82) is 0 Å². The van der Waals surface area contributed by atoms with Crippen LogP contribution in [-0.2, 0) is 9.59 Å². The number of hydrogen-bond acceptors (Lipinski definition) is 3. The van der Waals surface area contributed by atoms with Gasteiger partial charge in [-0.25, -0.2) is 0 Å². The van der Waals surface area contributed by atoms with Crippen LogP contribution >= 0.6 is 0 Å². The van der Waals surface area contributed by atoms with Crippen molar-refractivity contribution in [2.75, 3.05) is 4.90 Å². The third-order valence-corrected chi connectivity index (χ3v) is 4.92. The number of carbonyl (C=O) groups is 2. The molecule has 4 heteroatoms. The molecule has 2 aliphatic rings. The fourth-order valence-corrected chi connectivity index (χ4v) is 3.52. The molecular formula is C21H19NO3. The summed E-state index contributed by atoms with van der Waals surface area (Å²) >= 11 is 0. The van der Waals surface area contributed by atoms with Crippen molar-refractivity contribution in [3.05, 3.63) is 66.2 Å². The zero-order chi connectivity index (χ0) is 17.4. The molecule has 1 saturated heterocycles. The maximum Gasteiger partial charge on any atom is 0.238 e. The van der Waals surface area contributed by atoms with Crippen LogP contribution < -0.4 is 9.64 Å². The molecule has 0 aromatic heterocycles. The van der Waals surface area contributed by atoms with E-state index in [-0.39, 0.29) is 23.7 Å². The second kappa shape index (κ2) is 6.20. The number of benzene rings is 2. The number of rotatable bonds is 3. The van der Waals surface area contributed by atoms with E-state index in [1.807, 2.05) is 43.3 Å². The van der Waals surface area contributed by atoms with Crippen molar-refractivity contribution in [2.45, 2.75) is 19.8 Å². The molecular weight excluding hydrogens is 314 g/mol. The van der Waals surface area contributed by atoms with Crippen LogP contribution in [0, 0.1) is 18.8 Å². The second-order valence-corrected chi connectivity index (χ2v) is 6.53. The maximum absolute atomic E-state index is 12.6. The molecule has 1 heterocycles. The smallest absolute Gasteiger partial charge is 0.238 e. The van der Waals surface area contributed by atoms with E-state index >= 15 is 0 Å². The third-order valence-electron chi connectivity index (χ3n) is 4.92. The molecule has 0 saturated carbocycles. The first-order chi connectivity index (χ1) is 12.1. The topological polar surface area (TPSA) is 46.6 Å². The van der Waals surface area contributed by atoms with Crippen LogP contribution in [0.1, 0.15) is 18.4 Å². The normalized spacial score (nSPS) is 22.2. The molecule has 126 valence electrons. The van der Waals surface area contributed by atoms with Crippen LogP contribution in [0.2, 0.25) is 0 Å². The highest BCUT2D eigenvalue weighted by Crippen LogP contribution is 2.38. The monoisotopic (exact) mass is 333 g/mol. The number of carbonyl (C=O) groups excluding carboxylic acids is 2. The summed E-state index contributed by atoms with van der Waals surface area (Å²) in [5.41, 5.74) is 1.66. The highest BCUT2D eigenvalue weighted by Gasteiger charge is 2.47. The number of para-hydroxylation sites is 1. The minimum atomic E-state index is -0.208. The second-order valence-electron chi connectivity index (χ2n) is 6.53. The van der Waals surface area contributed by atoms with Gasteiger partial charge in [0, 0.05) is 0 Å². The zero-order valence-corrected chi connectivity index (χ0v) is 14.0. The number of ether oxygens (including phenoxy) is 1. The molecule has 2 atom stereocenters. The van der Waals surface area contributed by atoms with Gasteiger partial charge in [-0.15, -0.1) is 0 Å². The Morgan fingerprint density at radius 3 is 2.08 bits per heavy atom. The Kier molecular flexibility index (Phi) is 3.88. The molecule has 0 radical (unpaired) electrons. The van der Waals surface area contributed by atoms with E-state index in [9.17, 15) is 9.59 Å². The van der Waals surface area contributed by atoms with E-state index in [1.165, 1.54) is 4.90 Å². The quantitative estimate of drug-likeness (QED) is 0.623. The third kappa shape index (κ3) is 2.74. The van der Waals surface area contributed by atoms with Crippen LogP contribution in [0.3, 0.4) is 0 Å². The van der Waals surface area contributed by atoms with Crippen LogP contribution in [0.4, 0.5) is 5.69 Å². The van der Waals surface area contributed by atoms with Gasteiger partial charge in [-0.05, 0) is 55.7 Å². The lowest BCUT2D eigenvalue weighted by Gasteiger charge is -2.15. The molecule has 1 aliphatic heterocycles. The lowest BCUT2D eigenvalue weighted by molar-refractivity contribution is -0.122. The number of aryl methyl sites for hydroxylation is 1. The predicted molar refractivity (Wildman–Crippen MR) is 95.5 cm³/mol. The number of amides is 2. The van der Waals surface area contributed by atoms with Crippen molar-refractivity contribution in [3.8, 4) is 11.5 Å². The fraction of sp³-hybridized carbons (Fsp3) is 0.238. The Balaban J connectivity index is 1.55. The van der Waals surface area contributed by atoms with Crippen molar-refractivity contribution in [1.82, 2.24) is 0 Å². The van der Waals surface area contributed by atoms with Crippen LogP contribution in [0.5, 0.6) is 11.5 Å². The lowest BCUT2D eigenvalue weighted by atomic mass is 9.85. The van der Waals surface area contributed by atoms with Gasteiger partial charge in [0.2, 0.25) is 11.8 Å². The first-order valence-corrected chi connectivity index (χ1v) is 8.51. The van der Waals surface area contributed by atoms with Gasteiger partial charge < -0.3 is 4.74 Å². The summed E-state index contributed by atoms with van der Waals surface area (Å²) in [4.78, 5) is 26.6. The van der Waals surface area contributed by atoms with Crippen LogP contribution in [0.25, 0.3) is 0 Å². The van der Waals surface area contributed by atoms with Crippen molar-refractivity contribution >= 4 is 17.5 Å². The number of nitrogens with zero attached hydrogens (tertiary/aromatic N) is 1. The number of allylic oxidation sites excluding steroid dienone is 2. The molecule has 0 spiro atoms. The SMILES string of the molecule is Cc1ccccc1Oc1ccc(N2C(=O)[C@@H]3CC=CC[C@H]3C2=O)cc1. The standard InChI is InChI=1S/C21H19NO3/c1-14-6-2-5-9-19(14)25-16-12-10-15(11-13-16)22-20(23)17-7-3-4-8-18(17)21(22)24/h2-6,9-13,17-18H,7-8H2,1H3/t17-,18-/m1/s1. The fourth-order valence-electron chi connectivity index (χ4n) is 3.52. The van der Waals surface area contributed by atoms with E-state index < -0.39 is 0 Å². The van der Waals surface area contributed by atoms with E-state index in [0.717, 1.165) is 11.3 Å². The van der Waals surface area contributed by atoms with Gasteiger partial charge in [-0.2, -0.15) is 0 Å². The van der Waals surface area contributed by atoms with Crippen LogP contribution in [0.15, 0.2) is 60.7 Å². The lowest BCUT2D eigenvalue weighted by Crippen LogP contribution is -2.30. The van der Waals surface area contributed by atoms with Gasteiger partial charge in [-0.3, -0.25) is 14.5 Å².